The molecular weight excluding hydrogens is 458 g/mol. The summed E-state index contributed by atoms with van der Waals surface area (Å²) in [6.45, 7) is 5.21. The number of aliphatic imine (C=N–C) groups is 1. The van der Waals surface area contributed by atoms with Crippen LogP contribution in [-0.4, -0.2) is 17.7 Å². The van der Waals surface area contributed by atoms with E-state index < -0.39 is 11.5 Å². The maximum Gasteiger partial charge on any atom is 0.273 e. The van der Waals surface area contributed by atoms with Gasteiger partial charge < -0.3 is 10.1 Å². The molecule has 1 N–H and O–H groups in total. The minimum atomic E-state index is -2.86. The Morgan fingerprint density at radius 3 is 2.35 bits per heavy atom. The van der Waals surface area contributed by atoms with E-state index >= 15 is 0 Å². The second kappa shape index (κ2) is 10.8. The topological polar surface area (TPSA) is 50.7 Å². The van der Waals surface area contributed by atoms with E-state index in [4.69, 9.17) is 16.3 Å². The average molecular weight is 485 g/mol. The van der Waals surface area contributed by atoms with E-state index in [1.165, 1.54) is 19.1 Å². The van der Waals surface area contributed by atoms with Crippen LogP contribution >= 0.6 is 11.6 Å². The van der Waals surface area contributed by atoms with E-state index in [1.807, 2.05) is 26.0 Å². The second-order valence-electron chi connectivity index (χ2n) is 8.45. The van der Waals surface area contributed by atoms with Crippen LogP contribution in [0.25, 0.3) is 0 Å². The third kappa shape index (κ3) is 7.39. The summed E-state index contributed by atoms with van der Waals surface area (Å²) in [5, 5.41) is 3.42. The van der Waals surface area contributed by atoms with Crippen molar-refractivity contribution in [1.29, 1.82) is 0 Å². The zero-order valence-electron chi connectivity index (χ0n) is 19.3. The van der Waals surface area contributed by atoms with Crippen molar-refractivity contribution in [1.82, 2.24) is 0 Å². The molecule has 3 rings (SSSR count). The van der Waals surface area contributed by atoms with Crippen LogP contribution in [0.4, 0.5) is 20.2 Å². The number of nitrogens with one attached hydrogen (secondary N) is 1. The number of benzene rings is 3. The van der Waals surface area contributed by atoms with E-state index in [2.05, 4.69) is 10.3 Å². The van der Waals surface area contributed by atoms with Gasteiger partial charge >= 0.3 is 0 Å². The van der Waals surface area contributed by atoms with Gasteiger partial charge in [-0.1, -0.05) is 48.9 Å². The van der Waals surface area contributed by atoms with Crippen LogP contribution in [0.5, 0.6) is 5.75 Å². The van der Waals surface area contributed by atoms with Gasteiger partial charge in [-0.15, -0.1) is 0 Å². The molecule has 0 aliphatic heterocycles. The first kappa shape index (κ1) is 25.4. The Labute approximate surface area is 203 Å². The quantitative estimate of drug-likeness (QED) is 0.318. The average Bonchev–Trinajstić information content (AvgIpc) is 2.79. The summed E-state index contributed by atoms with van der Waals surface area (Å²) >= 11 is 5.99. The van der Waals surface area contributed by atoms with Gasteiger partial charge in [0.2, 0.25) is 5.91 Å². The lowest BCUT2D eigenvalue weighted by atomic mass is 10.0. The van der Waals surface area contributed by atoms with Crippen molar-refractivity contribution in [3.63, 3.8) is 0 Å². The molecule has 0 radical (unpaired) electrons. The number of hydrogen-bond acceptors (Lipinski definition) is 3. The number of amides is 1. The highest BCUT2D eigenvalue weighted by atomic mass is 35.5. The van der Waals surface area contributed by atoms with E-state index in [-0.39, 0.29) is 24.3 Å². The fourth-order valence-electron chi connectivity index (χ4n) is 3.18. The van der Waals surface area contributed by atoms with Crippen molar-refractivity contribution < 1.29 is 18.3 Å². The number of hydrogen-bond donors (Lipinski definition) is 1. The molecule has 0 bridgehead atoms. The Kier molecular flexibility index (Phi) is 8.05. The first-order valence-electron chi connectivity index (χ1n) is 10.9. The molecular formula is C27H27ClF2N2O2. The van der Waals surface area contributed by atoms with Gasteiger partial charge in [0.25, 0.3) is 5.92 Å². The molecule has 34 heavy (non-hydrogen) atoms. The second-order valence-corrected chi connectivity index (χ2v) is 8.88. The summed E-state index contributed by atoms with van der Waals surface area (Å²) < 4.78 is 33.5. The molecule has 0 saturated carbocycles. The summed E-state index contributed by atoms with van der Waals surface area (Å²) in [4.78, 5) is 16.8. The Hall–Kier alpha value is -3.25. The zero-order valence-corrected chi connectivity index (χ0v) is 20.1. The summed E-state index contributed by atoms with van der Waals surface area (Å²) in [6.07, 6.45) is 1.53. The third-order valence-corrected chi connectivity index (χ3v) is 5.27. The highest BCUT2D eigenvalue weighted by Gasteiger charge is 2.28. The van der Waals surface area contributed by atoms with Crippen LogP contribution in [0.3, 0.4) is 0 Å². The van der Waals surface area contributed by atoms with Gasteiger partial charge in [0, 0.05) is 28.9 Å². The predicted molar refractivity (Wildman–Crippen MR) is 134 cm³/mol. The highest BCUT2D eigenvalue weighted by Crippen LogP contribution is 2.31. The van der Waals surface area contributed by atoms with E-state index in [0.29, 0.717) is 22.0 Å². The lowest BCUT2D eigenvalue weighted by Gasteiger charge is -2.22. The zero-order chi connectivity index (χ0) is 24.8. The van der Waals surface area contributed by atoms with Crippen molar-refractivity contribution >= 4 is 35.1 Å². The summed E-state index contributed by atoms with van der Waals surface area (Å²) in [5.74, 6) is -2.48. The van der Waals surface area contributed by atoms with Gasteiger partial charge in [-0.25, -0.2) is 8.78 Å². The first-order valence-corrected chi connectivity index (χ1v) is 11.3. The van der Waals surface area contributed by atoms with Crippen LogP contribution < -0.4 is 10.1 Å². The molecule has 0 saturated heterocycles. The summed E-state index contributed by atoms with van der Waals surface area (Å²) in [6, 6.07) is 20.1. The number of carbonyl (C=O) groups excluding carboxylic acids is 1. The first-order chi connectivity index (χ1) is 16.1. The standard InChI is InChI=1S/C27H27ClF2N2O2/c1-4-27(29,30)20-10-8-19(9-11-20)16-25(33)32-22-12-14-24(15-13-22)34-26(2,3)18-31-23-7-5-6-21(28)17-23/h5-15,17-18H,4,16H2,1-3H3,(H,32,33)/b31-18+. The van der Waals surface area contributed by atoms with E-state index in [9.17, 15) is 13.6 Å². The number of carbonyl (C=O) groups is 1. The molecule has 1 amide bonds. The van der Waals surface area contributed by atoms with Gasteiger partial charge in [-0.3, -0.25) is 9.79 Å². The third-order valence-electron chi connectivity index (χ3n) is 5.04. The molecule has 7 heteroatoms. The van der Waals surface area contributed by atoms with Gasteiger partial charge in [0.1, 0.15) is 11.4 Å². The van der Waals surface area contributed by atoms with Gasteiger partial charge in [-0.2, -0.15) is 0 Å². The molecule has 0 aliphatic rings. The molecule has 3 aromatic rings. The molecule has 0 atom stereocenters. The van der Waals surface area contributed by atoms with Crippen molar-refractivity contribution in [2.75, 3.05) is 5.32 Å². The molecule has 0 heterocycles. The van der Waals surface area contributed by atoms with Crippen molar-refractivity contribution in [2.24, 2.45) is 4.99 Å². The number of halogens is 3. The normalized spacial score (nSPS) is 12.1. The number of rotatable bonds is 9. The highest BCUT2D eigenvalue weighted by molar-refractivity contribution is 6.30. The molecule has 0 aromatic heterocycles. The van der Waals surface area contributed by atoms with E-state index in [0.717, 1.165) is 5.69 Å². The van der Waals surface area contributed by atoms with E-state index in [1.54, 1.807) is 54.7 Å². The fraction of sp³-hybridized carbons (Fsp3) is 0.259. The lowest BCUT2D eigenvalue weighted by molar-refractivity contribution is -0.115. The van der Waals surface area contributed by atoms with Crippen molar-refractivity contribution in [3.8, 4) is 5.75 Å². The van der Waals surface area contributed by atoms with Gasteiger partial charge in [0.05, 0.1) is 12.1 Å². The number of anilines is 1. The molecule has 178 valence electrons. The van der Waals surface area contributed by atoms with Gasteiger partial charge in [0.15, 0.2) is 0 Å². The molecule has 3 aromatic carbocycles. The number of nitrogens with zero attached hydrogens (tertiary/aromatic N) is 1. The van der Waals surface area contributed by atoms with Crippen LogP contribution in [0.1, 0.15) is 38.3 Å². The predicted octanol–water partition coefficient (Wildman–Crippen LogP) is 7.58. The molecule has 0 unspecified atom stereocenters. The lowest BCUT2D eigenvalue weighted by Crippen LogP contribution is -2.29. The Morgan fingerprint density at radius 1 is 1.06 bits per heavy atom. The largest absolute Gasteiger partial charge is 0.482 e. The minimum Gasteiger partial charge on any atom is -0.482 e. The Morgan fingerprint density at radius 2 is 1.74 bits per heavy atom. The van der Waals surface area contributed by atoms with Crippen LogP contribution in [0.2, 0.25) is 5.02 Å². The molecule has 0 aliphatic carbocycles. The number of ether oxygens (including phenoxy) is 1. The maximum absolute atomic E-state index is 13.7. The van der Waals surface area contributed by atoms with Gasteiger partial charge in [-0.05, 0) is 61.9 Å². The van der Waals surface area contributed by atoms with Crippen LogP contribution in [0.15, 0.2) is 77.8 Å². The SMILES string of the molecule is CCC(F)(F)c1ccc(CC(=O)Nc2ccc(OC(C)(C)/C=N/c3cccc(Cl)c3)cc2)cc1. The maximum atomic E-state index is 13.7. The fourth-order valence-corrected chi connectivity index (χ4v) is 3.37. The monoisotopic (exact) mass is 484 g/mol. The van der Waals surface area contributed by atoms with Crippen molar-refractivity contribution in [3.05, 3.63) is 88.9 Å². The minimum absolute atomic E-state index is 0.0460. The molecule has 0 spiro atoms. The number of alkyl halides is 2. The summed E-state index contributed by atoms with van der Waals surface area (Å²) in [5.41, 5.74) is 1.28. The molecule has 4 nitrogen and oxygen atoms in total. The summed E-state index contributed by atoms with van der Waals surface area (Å²) in [7, 11) is 0. The van der Waals surface area contributed by atoms with Crippen molar-refractivity contribution in [2.45, 2.75) is 45.1 Å². The Balaban J connectivity index is 1.55. The van der Waals surface area contributed by atoms with Crippen LogP contribution in [-0.2, 0) is 17.1 Å². The smallest absolute Gasteiger partial charge is 0.273 e. The van der Waals surface area contributed by atoms with Crippen LogP contribution in [0, 0.1) is 0 Å². The Bertz CT molecular complexity index is 1140. The molecule has 0 fully saturated rings.